The van der Waals surface area contributed by atoms with Crippen LogP contribution in [0.25, 0.3) is 11.0 Å². The second-order valence-electron chi connectivity index (χ2n) is 7.97. The van der Waals surface area contributed by atoms with Gasteiger partial charge in [-0.2, -0.15) is 0 Å². The second-order valence-corrected chi connectivity index (χ2v) is 7.97. The van der Waals surface area contributed by atoms with Gasteiger partial charge in [0.25, 0.3) is 0 Å². The van der Waals surface area contributed by atoms with Gasteiger partial charge >= 0.3 is 0 Å². The zero-order valence-corrected chi connectivity index (χ0v) is 16.8. The van der Waals surface area contributed by atoms with Crippen LogP contribution in [0.3, 0.4) is 0 Å². The van der Waals surface area contributed by atoms with Crippen molar-refractivity contribution in [1.29, 1.82) is 0 Å². The number of rotatable bonds is 8. The van der Waals surface area contributed by atoms with Crippen LogP contribution < -0.4 is 5.32 Å². The van der Waals surface area contributed by atoms with Gasteiger partial charge in [0.15, 0.2) is 0 Å². The predicted molar refractivity (Wildman–Crippen MR) is 113 cm³/mol. The molecule has 0 spiro atoms. The number of hydrogen-bond acceptors (Lipinski definition) is 2. The minimum atomic E-state index is 0.197. The number of hydrogen-bond donors (Lipinski definition) is 1. The second kappa shape index (κ2) is 8.17. The Morgan fingerprint density at radius 2 is 1.93 bits per heavy atom. The van der Waals surface area contributed by atoms with Crippen molar-refractivity contribution in [3.8, 4) is 0 Å². The van der Waals surface area contributed by atoms with Crippen LogP contribution in [0, 0.1) is 5.92 Å². The van der Waals surface area contributed by atoms with E-state index >= 15 is 0 Å². The molecule has 4 rings (SSSR count). The SMILES string of the molecule is CCC(C)c1ccc(Cn2c(CCNC(=O)C3CC3)nc3ccccc32)cc1. The topological polar surface area (TPSA) is 46.9 Å². The summed E-state index contributed by atoms with van der Waals surface area (Å²) in [6.45, 7) is 5.94. The number of para-hydroxylation sites is 2. The highest BCUT2D eigenvalue weighted by Gasteiger charge is 2.29. The summed E-state index contributed by atoms with van der Waals surface area (Å²) in [6.07, 6.45) is 3.98. The van der Waals surface area contributed by atoms with Crippen LogP contribution in [-0.2, 0) is 17.8 Å². The van der Waals surface area contributed by atoms with E-state index in [0.717, 1.165) is 49.1 Å². The molecular weight excluding hydrogens is 346 g/mol. The average Bonchev–Trinajstić information content (AvgIpc) is 3.52. The molecular formula is C24H29N3O. The molecule has 0 aliphatic heterocycles. The van der Waals surface area contributed by atoms with Crippen LogP contribution in [-0.4, -0.2) is 22.0 Å². The molecule has 0 radical (unpaired) electrons. The molecule has 1 aromatic heterocycles. The fourth-order valence-electron chi connectivity index (χ4n) is 3.65. The molecule has 1 saturated carbocycles. The highest BCUT2D eigenvalue weighted by molar-refractivity contribution is 5.80. The van der Waals surface area contributed by atoms with Crippen LogP contribution in [0.2, 0.25) is 0 Å². The Kier molecular flexibility index (Phi) is 5.47. The average molecular weight is 376 g/mol. The number of nitrogens with one attached hydrogen (secondary N) is 1. The predicted octanol–water partition coefficient (Wildman–Crippen LogP) is 4.67. The molecule has 4 heteroatoms. The number of benzene rings is 2. The molecule has 1 aliphatic carbocycles. The quantitative estimate of drug-likeness (QED) is 0.622. The van der Waals surface area contributed by atoms with E-state index in [1.807, 2.05) is 6.07 Å². The molecule has 1 N–H and O–H groups in total. The van der Waals surface area contributed by atoms with E-state index in [1.165, 1.54) is 11.1 Å². The maximum atomic E-state index is 11.9. The fourth-order valence-corrected chi connectivity index (χ4v) is 3.65. The molecule has 4 nitrogen and oxygen atoms in total. The van der Waals surface area contributed by atoms with Gasteiger partial charge in [-0.15, -0.1) is 0 Å². The summed E-state index contributed by atoms with van der Waals surface area (Å²) in [5, 5.41) is 3.06. The number of fused-ring (bicyclic) bond motifs is 1. The third-order valence-electron chi connectivity index (χ3n) is 5.83. The zero-order chi connectivity index (χ0) is 19.5. The first-order valence-electron chi connectivity index (χ1n) is 10.5. The van der Waals surface area contributed by atoms with Crippen molar-refractivity contribution < 1.29 is 4.79 Å². The van der Waals surface area contributed by atoms with Crippen molar-refractivity contribution in [2.24, 2.45) is 5.92 Å². The number of carbonyl (C=O) groups excluding carboxylic acids is 1. The van der Waals surface area contributed by atoms with Crippen molar-refractivity contribution >= 4 is 16.9 Å². The first-order chi connectivity index (χ1) is 13.7. The first-order valence-corrected chi connectivity index (χ1v) is 10.5. The van der Waals surface area contributed by atoms with Crippen molar-refractivity contribution in [1.82, 2.24) is 14.9 Å². The highest BCUT2D eigenvalue weighted by atomic mass is 16.2. The molecule has 1 fully saturated rings. The smallest absolute Gasteiger partial charge is 0.223 e. The van der Waals surface area contributed by atoms with E-state index in [9.17, 15) is 4.79 Å². The summed E-state index contributed by atoms with van der Waals surface area (Å²) in [5.41, 5.74) is 4.84. The van der Waals surface area contributed by atoms with Gasteiger partial charge in [0.05, 0.1) is 11.0 Å². The summed E-state index contributed by atoms with van der Waals surface area (Å²) in [4.78, 5) is 16.8. The van der Waals surface area contributed by atoms with Gasteiger partial charge in [-0.1, -0.05) is 50.2 Å². The monoisotopic (exact) mass is 375 g/mol. The fraction of sp³-hybridized carbons (Fsp3) is 0.417. The summed E-state index contributed by atoms with van der Waals surface area (Å²) in [6, 6.07) is 17.2. The third-order valence-corrected chi connectivity index (χ3v) is 5.83. The minimum Gasteiger partial charge on any atom is -0.355 e. The van der Waals surface area contributed by atoms with E-state index in [1.54, 1.807) is 0 Å². The zero-order valence-electron chi connectivity index (χ0n) is 16.8. The van der Waals surface area contributed by atoms with E-state index < -0.39 is 0 Å². The molecule has 28 heavy (non-hydrogen) atoms. The van der Waals surface area contributed by atoms with Crippen LogP contribution in [0.5, 0.6) is 0 Å². The molecule has 146 valence electrons. The van der Waals surface area contributed by atoms with Gasteiger partial charge in [-0.3, -0.25) is 4.79 Å². The Morgan fingerprint density at radius 3 is 2.64 bits per heavy atom. The molecule has 1 heterocycles. The lowest BCUT2D eigenvalue weighted by Crippen LogP contribution is -2.27. The molecule has 2 aromatic carbocycles. The van der Waals surface area contributed by atoms with Crippen LogP contribution in [0.15, 0.2) is 48.5 Å². The third kappa shape index (κ3) is 4.11. The van der Waals surface area contributed by atoms with E-state index in [-0.39, 0.29) is 11.8 Å². The first kappa shape index (κ1) is 18.7. The Hall–Kier alpha value is -2.62. The molecule has 0 saturated heterocycles. The van der Waals surface area contributed by atoms with Gasteiger partial charge in [-0.25, -0.2) is 4.98 Å². The Morgan fingerprint density at radius 1 is 1.18 bits per heavy atom. The number of aromatic nitrogens is 2. The van der Waals surface area contributed by atoms with Gasteiger partial charge in [0.1, 0.15) is 5.82 Å². The van der Waals surface area contributed by atoms with Crippen molar-refractivity contribution in [2.45, 2.75) is 52.0 Å². The standard InChI is InChI=1S/C24H29N3O/c1-3-17(2)19-10-8-18(9-11-19)16-27-22-7-5-4-6-21(22)26-23(27)14-15-25-24(28)20-12-13-20/h4-11,17,20H,3,12-16H2,1-2H3,(H,25,28). The van der Waals surface area contributed by atoms with E-state index in [4.69, 9.17) is 4.98 Å². The lowest BCUT2D eigenvalue weighted by molar-refractivity contribution is -0.122. The molecule has 0 bridgehead atoms. The van der Waals surface area contributed by atoms with Crippen molar-refractivity contribution in [3.05, 3.63) is 65.5 Å². The molecule has 3 aromatic rings. The van der Waals surface area contributed by atoms with Crippen LogP contribution in [0.1, 0.15) is 56.0 Å². The largest absolute Gasteiger partial charge is 0.355 e. The molecule has 1 atom stereocenters. The number of nitrogens with zero attached hydrogens (tertiary/aromatic N) is 2. The summed E-state index contributed by atoms with van der Waals surface area (Å²) < 4.78 is 2.29. The van der Waals surface area contributed by atoms with Crippen LogP contribution >= 0.6 is 0 Å². The van der Waals surface area contributed by atoms with Crippen molar-refractivity contribution in [2.75, 3.05) is 6.54 Å². The number of amides is 1. The lowest BCUT2D eigenvalue weighted by atomic mass is 9.98. The molecule has 1 unspecified atom stereocenters. The summed E-state index contributed by atoms with van der Waals surface area (Å²) >= 11 is 0. The maximum Gasteiger partial charge on any atom is 0.223 e. The summed E-state index contributed by atoms with van der Waals surface area (Å²) in [5.74, 6) is 2.07. The number of carbonyl (C=O) groups is 1. The van der Waals surface area contributed by atoms with E-state index in [0.29, 0.717) is 12.5 Å². The maximum absolute atomic E-state index is 11.9. The van der Waals surface area contributed by atoms with Crippen LogP contribution in [0.4, 0.5) is 0 Å². The molecule has 1 amide bonds. The van der Waals surface area contributed by atoms with Gasteiger partial charge in [0.2, 0.25) is 5.91 Å². The summed E-state index contributed by atoms with van der Waals surface area (Å²) in [7, 11) is 0. The molecule has 1 aliphatic rings. The Bertz CT molecular complexity index is 954. The number of imidazole rings is 1. The Labute approximate surface area is 167 Å². The lowest BCUT2D eigenvalue weighted by Gasteiger charge is -2.12. The highest BCUT2D eigenvalue weighted by Crippen LogP contribution is 2.28. The van der Waals surface area contributed by atoms with Gasteiger partial charge in [-0.05, 0) is 48.4 Å². The van der Waals surface area contributed by atoms with Crippen molar-refractivity contribution in [3.63, 3.8) is 0 Å². The van der Waals surface area contributed by atoms with E-state index in [2.05, 4.69) is 66.2 Å². The van der Waals surface area contributed by atoms with Gasteiger partial charge < -0.3 is 9.88 Å². The normalized spacial score (nSPS) is 14.9. The van der Waals surface area contributed by atoms with Gasteiger partial charge in [0, 0.05) is 25.4 Å². The minimum absolute atomic E-state index is 0.197. The Balaban J connectivity index is 1.53.